The Kier molecular flexibility index (Phi) is 8.41. The number of benzene rings is 2. The molecule has 0 spiro atoms. The molecule has 1 heterocycles. The lowest BCUT2D eigenvalue weighted by molar-refractivity contribution is -0.384. The summed E-state index contributed by atoms with van der Waals surface area (Å²) in [5.74, 6) is -2.54. The standard InChI is InChI=1S/C14H16O6.C8H10N2O2/c1-14(2)19-8-9(20-14)7-18-13(17)11-6-4-3-5-10(11)12(15)16;1-6(9)7-2-4-8(5-3-7)10(11)12/h3-6,9H,7-8H2,1-2H3,(H,15,16);2-6H,9H2,1H3/t9-;6-/m11/s1. The van der Waals surface area contributed by atoms with E-state index in [0.29, 0.717) is 6.61 Å². The Morgan fingerprint density at radius 1 is 1.22 bits per heavy atom. The zero-order chi connectivity index (χ0) is 23.9. The minimum Gasteiger partial charge on any atom is -0.478 e. The summed E-state index contributed by atoms with van der Waals surface area (Å²) in [6, 6.07) is 12.1. The molecule has 10 heteroatoms. The molecule has 32 heavy (non-hydrogen) atoms. The molecule has 172 valence electrons. The molecule has 2 aromatic carbocycles. The van der Waals surface area contributed by atoms with Crippen LogP contribution in [0.25, 0.3) is 0 Å². The maximum absolute atomic E-state index is 11.9. The number of non-ortho nitro benzene ring substituents is 1. The highest BCUT2D eigenvalue weighted by Gasteiger charge is 2.33. The van der Waals surface area contributed by atoms with Gasteiger partial charge in [-0.05, 0) is 38.5 Å². The predicted octanol–water partition coefficient (Wildman–Crippen LogP) is 3.31. The van der Waals surface area contributed by atoms with Gasteiger partial charge in [0, 0.05) is 18.2 Å². The molecule has 2 aromatic rings. The molecule has 1 aliphatic rings. The molecular weight excluding hydrogens is 420 g/mol. The third-order valence-electron chi connectivity index (χ3n) is 4.47. The molecular formula is C22H26N2O8. The lowest BCUT2D eigenvalue weighted by Gasteiger charge is -2.17. The third kappa shape index (κ3) is 7.12. The van der Waals surface area contributed by atoms with Crippen LogP contribution in [0.3, 0.4) is 0 Å². The van der Waals surface area contributed by atoms with Crippen molar-refractivity contribution in [1.29, 1.82) is 0 Å². The number of nitrogens with two attached hydrogens (primary N) is 1. The first-order chi connectivity index (χ1) is 15.0. The molecule has 0 bridgehead atoms. The van der Waals surface area contributed by atoms with Gasteiger partial charge in [-0.25, -0.2) is 9.59 Å². The second kappa shape index (κ2) is 10.8. The number of ether oxygens (including phenoxy) is 3. The molecule has 0 aromatic heterocycles. The number of carboxylic acid groups (broad SMARTS) is 1. The monoisotopic (exact) mass is 446 g/mol. The van der Waals surface area contributed by atoms with Gasteiger partial charge in [-0.15, -0.1) is 0 Å². The maximum Gasteiger partial charge on any atom is 0.339 e. The van der Waals surface area contributed by atoms with E-state index in [2.05, 4.69) is 0 Å². The van der Waals surface area contributed by atoms with Crippen LogP contribution in [0.4, 0.5) is 5.69 Å². The van der Waals surface area contributed by atoms with Gasteiger partial charge in [0.05, 0.1) is 22.7 Å². The van der Waals surface area contributed by atoms with Crippen molar-refractivity contribution in [2.24, 2.45) is 5.73 Å². The molecule has 1 aliphatic heterocycles. The van der Waals surface area contributed by atoms with E-state index in [1.807, 2.05) is 6.92 Å². The predicted molar refractivity (Wildman–Crippen MR) is 114 cm³/mol. The average molecular weight is 446 g/mol. The number of carbonyl (C=O) groups excluding carboxylic acids is 1. The van der Waals surface area contributed by atoms with Crippen LogP contribution in [0, 0.1) is 10.1 Å². The van der Waals surface area contributed by atoms with Gasteiger partial charge in [-0.2, -0.15) is 0 Å². The first-order valence-corrected chi connectivity index (χ1v) is 9.81. The lowest BCUT2D eigenvalue weighted by atomic mass is 10.1. The van der Waals surface area contributed by atoms with Crippen molar-refractivity contribution in [2.45, 2.75) is 38.7 Å². The quantitative estimate of drug-likeness (QED) is 0.387. The fourth-order valence-electron chi connectivity index (χ4n) is 2.84. The number of rotatable bonds is 6. The highest BCUT2D eigenvalue weighted by molar-refractivity contribution is 6.02. The van der Waals surface area contributed by atoms with Crippen LogP contribution in [0.15, 0.2) is 48.5 Å². The number of nitrogens with zero attached hydrogens (tertiary/aromatic N) is 1. The topological polar surface area (TPSA) is 151 Å². The number of nitro benzene ring substituents is 1. The van der Waals surface area contributed by atoms with E-state index in [4.69, 9.17) is 25.1 Å². The van der Waals surface area contributed by atoms with Crippen LogP contribution in [0.1, 0.15) is 53.1 Å². The van der Waals surface area contributed by atoms with Crippen LogP contribution >= 0.6 is 0 Å². The number of carboxylic acids is 1. The van der Waals surface area contributed by atoms with E-state index in [0.717, 1.165) is 5.56 Å². The van der Waals surface area contributed by atoms with Crippen molar-refractivity contribution >= 4 is 17.6 Å². The average Bonchev–Trinajstić information content (AvgIpc) is 3.11. The molecule has 0 aliphatic carbocycles. The van der Waals surface area contributed by atoms with Crippen LogP contribution in [-0.4, -0.2) is 47.1 Å². The number of aromatic carboxylic acids is 1. The SMILES string of the molecule is CC1(C)OC[C@@H](COC(=O)c2ccccc2C(=O)O)O1.C[C@@H](N)c1ccc([N+](=O)[O-])cc1. The van der Waals surface area contributed by atoms with E-state index in [1.54, 1.807) is 38.1 Å². The van der Waals surface area contributed by atoms with Crippen molar-refractivity contribution in [3.05, 3.63) is 75.3 Å². The Hall–Kier alpha value is -3.34. The fourth-order valence-corrected chi connectivity index (χ4v) is 2.84. The molecule has 0 amide bonds. The van der Waals surface area contributed by atoms with Crippen molar-refractivity contribution in [3.8, 4) is 0 Å². The first kappa shape index (κ1) is 24.9. The second-order valence-electron chi connectivity index (χ2n) is 7.54. The van der Waals surface area contributed by atoms with Crippen LogP contribution in [0.2, 0.25) is 0 Å². The number of hydrogen-bond donors (Lipinski definition) is 2. The molecule has 1 fully saturated rings. The van der Waals surface area contributed by atoms with E-state index in [1.165, 1.54) is 24.3 Å². The molecule has 2 atom stereocenters. The Labute approximate surface area is 185 Å². The molecule has 0 radical (unpaired) electrons. The number of esters is 1. The Bertz CT molecular complexity index is 957. The van der Waals surface area contributed by atoms with Crippen LogP contribution in [0.5, 0.6) is 0 Å². The van der Waals surface area contributed by atoms with Gasteiger partial charge in [0.1, 0.15) is 12.7 Å². The zero-order valence-corrected chi connectivity index (χ0v) is 18.0. The minimum atomic E-state index is -1.17. The van der Waals surface area contributed by atoms with E-state index in [-0.39, 0.29) is 35.6 Å². The summed E-state index contributed by atoms with van der Waals surface area (Å²) in [4.78, 5) is 32.8. The number of carbonyl (C=O) groups is 2. The number of nitro groups is 1. The molecule has 1 saturated heterocycles. The third-order valence-corrected chi connectivity index (χ3v) is 4.47. The van der Waals surface area contributed by atoms with Gasteiger partial charge in [0.2, 0.25) is 0 Å². The van der Waals surface area contributed by atoms with E-state index >= 15 is 0 Å². The Morgan fingerprint density at radius 3 is 2.28 bits per heavy atom. The van der Waals surface area contributed by atoms with E-state index < -0.39 is 22.6 Å². The van der Waals surface area contributed by atoms with Crippen molar-refractivity contribution < 1.29 is 33.8 Å². The fraction of sp³-hybridized carbons (Fsp3) is 0.364. The summed E-state index contributed by atoms with van der Waals surface area (Å²) in [6.07, 6.45) is -0.342. The van der Waals surface area contributed by atoms with Gasteiger partial charge < -0.3 is 25.1 Å². The summed E-state index contributed by atoms with van der Waals surface area (Å²) in [6.45, 7) is 5.74. The Balaban J connectivity index is 0.000000258. The van der Waals surface area contributed by atoms with E-state index in [9.17, 15) is 19.7 Å². The van der Waals surface area contributed by atoms with Gasteiger partial charge in [-0.3, -0.25) is 10.1 Å². The van der Waals surface area contributed by atoms with Gasteiger partial charge in [0.15, 0.2) is 5.79 Å². The molecule has 10 nitrogen and oxygen atoms in total. The summed E-state index contributed by atoms with van der Waals surface area (Å²) in [7, 11) is 0. The summed E-state index contributed by atoms with van der Waals surface area (Å²) < 4.78 is 15.9. The van der Waals surface area contributed by atoms with Gasteiger partial charge in [-0.1, -0.05) is 24.3 Å². The number of hydrogen-bond acceptors (Lipinski definition) is 8. The van der Waals surface area contributed by atoms with Gasteiger partial charge in [0.25, 0.3) is 5.69 Å². The molecule has 0 saturated carbocycles. The Morgan fingerprint density at radius 2 is 1.81 bits per heavy atom. The van der Waals surface area contributed by atoms with Crippen molar-refractivity contribution in [1.82, 2.24) is 0 Å². The summed E-state index contributed by atoms with van der Waals surface area (Å²) in [5.41, 5.74) is 6.51. The summed E-state index contributed by atoms with van der Waals surface area (Å²) in [5, 5.41) is 19.3. The van der Waals surface area contributed by atoms with Crippen LogP contribution < -0.4 is 5.73 Å². The normalized spacial score (nSPS) is 17.6. The molecule has 0 unspecified atom stereocenters. The lowest BCUT2D eigenvalue weighted by Crippen LogP contribution is -2.25. The van der Waals surface area contributed by atoms with Gasteiger partial charge >= 0.3 is 11.9 Å². The second-order valence-corrected chi connectivity index (χ2v) is 7.54. The zero-order valence-electron chi connectivity index (χ0n) is 18.0. The van der Waals surface area contributed by atoms with Crippen LogP contribution in [-0.2, 0) is 14.2 Å². The highest BCUT2D eigenvalue weighted by atomic mass is 16.7. The first-order valence-electron chi connectivity index (χ1n) is 9.81. The smallest absolute Gasteiger partial charge is 0.339 e. The maximum atomic E-state index is 11.9. The largest absolute Gasteiger partial charge is 0.478 e. The van der Waals surface area contributed by atoms with Crippen molar-refractivity contribution in [3.63, 3.8) is 0 Å². The minimum absolute atomic E-state index is 0.0240. The molecule has 3 rings (SSSR count). The summed E-state index contributed by atoms with van der Waals surface area (Å²) >= 11 is 0. The molecule has 3 N–H and O–H groups in total. The van der Waals surface area contributed by atoms with Crippen molar-refractivity contribution in [2.75, 3.05) is 13.2 Å². The highest BCUT2D eigenvalue weighted by Crippen LogP contribution is 2.22.